The third-order valence-electron chi connectivity index (χ3n) is 17.7. The van der Waals surface area contributed by atoms with Crippen molar-refractivity contribution < 1.29 is 0 Å². The first-order valence-corrected chi connectivity index (χ1v) is 35.8. The molecule has 0 bridgehead atoms. The van der Waals surface area contributed by atoms with E-state index >= 15 is 0 Å². The van der Waals surface area contributed by atoms with E-state index in [1.165, 1.54) is 257 Å². The summed E-state index contributed by atoms with van der Waals surface area (Å²) in [6, 6.07) is 45.1. The monoisotopic (exact) mass is 1240 g/mol. The van der Waals surface area contributed by atoms with E-state index in [2.05, 4.69) is 191 Å². The van der Waals surface area contributed by atoms with Crippen molar-refractivity contribution in [3.63, 3.8) is 0 Å². The largest absolute Gasteiger partial charge is 0.133 e. The van der Waals surface area contributed by atoms with Gasteiger partial charge in [-0.25, -0.2) is 0 Å². The van der Waals surface area contributed by atoms with Crippen LogP contribution in [0.1, 0.15) is 249 Å². The molecule has 412 valence electrons. The van der Waals surface area contributed by atoms with Gasteiger partial charge in [-0.3, -0.25) is 0 Å². The molecular formula is C72H86Br2S4. The van der Waals surface area contributed by atoms with Crippen molar-refractivity contribution in [2.45, 2.75) is 218 Å². The van der Waals surface area contributed by atoms with Crippen LogP contribution in [0.15, 0.2) is 117 Å². The molecule has 8 aromatic rings. The Kier molecular flexibility index (Phi) is 20.7. The van der Waals surface area contributed by atoms with Crippen LogP contribution in [0.5, 0.6) is 0 Å². The van der Waals surface area contributed by atoms with Gasteiger partial charge in [0.1, 0.15) is 0 Å². The van der Waals surface area contributed by atoms with E-state index in [4.69, 9.17) is 0 Å². The minimum Gasteiger partial charge on any atom is -0.133 e. The van der Waals surface area contributed by atoms with Gasteiger partial charge in [-0.1, -0.05) is 253 Å². The molecule has 4 aromatic carbocycles. The highest BCUT2D eigenvalue weighted by Crippen LogP contribution is 2.70. The van der Waals surface area contributed by atoms with Crippen molar-refractivity contribution in [2.24, 2.45) is 0 Å². The summed E-state index contributed by atoms with van der Waals surface area (Å²) in [6.07, 6.45) is 36.4. The Morgan fingerprint density at radius 1 is 0.295 bits per heavy atom. The summed E-state index contributed by atoms with van der Waals surface area (Å²) < 4.78 is 5.39. The van der Waals surface area contributed by atoms with Crippen molar-refractivity contribution in [3.05, 3.63) is 184 Å². The van der Waals surface area contributed by atoms with Crippen LogP contribution < -0.4 is 0 Å². The number of rotatable bonds is 32. The topological polar surface area (TPSA) is 0 Å². The van der Waals surface area contributed by atoms with E-state index in [-0.39, 0.29) is 0 Å². The first-order valence-electron chi connectivity index (χ1n) is 30.9. The Balaban J connectivity index is 1.12. The quantitative estimate of drug-likeness (QED) is 0.0369. The Labute approximate surface area is 503 Å². The molecule has 10 rings (SSSR count). The molecule has 0 radical (unpaired) electrons. The SMILES string of the molecule is CCCCCCCCc1ccc(C2(c3ccc(CCCCCCCC)cc3)c3cc(Br)sc3-c3sc4c5c(sc4c32)-c2sc(Br)cc2C5(c2ccc(CCCCCCCC)cc2)c2ccc(CCCCCCCC)cc2)cc1. The molecule has 78 heavy (non-hydrogen) atoms. The zero-order valence-corrected chi connectivity index (χ0v) is 54.0. The van der Waals surface area contributed by atoms with E-state index in [1.807, 2.05) is 22.7 Å². The zero-order chi connectivity index (χ0) is 53.9. The molecule has 0 amide bonds. The molecule has 4 heterocycles. The number of hydrogen-bond acceptors (Lipinski definition) is 4. The first-order chi connectivity index (χ1) is 38.4. The average molecular weight is 1240 g/mol. The second-order valence-corrected chi connectivity index (χ2v) is 30.1. The molecule has 0 atom stereocenters. The number of fused-ring (bicyclic) bond motifs is 9. The van der Waals surface area contributed by atoms with Crippen molar-refractivity contribution in [2.75, 3.05) is 0 Å². The minimum atomic E-state index is -0.459. The molecular weight excluding hydrogens is 1150 g/mol. The molecule has 4 aromatic heterocycles. The van der Waals surface area contributed by atoms with Gasteiger partial charge in [0, 0.05) is 11.1 Å². The summed E-state index contributed by atoms with van der Waals surface area (Å²) >= 11 is 16.3. The van der Waals surface area contributed by atoms with Gasteiger partial charge >= 0.3 is 0 Å². The van der Waals surface area contributed by atoms with Crippen LogP contribution in [0.2, 0.25) is 0 Å². The Hall–Kier alpha value is -3.10. The van der Waals surface area contributed by atoms with E-state index in [1.54, 1.807) is 0 Å². The molecule has 0 saturated carbocycles. The summed E-state index contributed by atoms with van der Waals surface area (Å²) in [5, 5.41) is 0. The average Bonchev–Trinajstić information content (AvgIpc) is 2.39. The molecule has 2 aliphatic carbocycles. The predicted molar refractivity (Wildman–Crippen MR) is 354 cm³/mol. The zero-order valence-electron chi connectivity index (χ0n) is 47.6. The van der Waals surface area contributed by atoms with Crippen LogP contribution in [0, 0.1) is 0 Å². The molecule has 0 aliphatic heterocycles. The maximum Gasteiger partial charge on any atom is 0.0745 e. The number of unbranched alkanes of at least 4 members (excludes halogenated alkanes) is 20. The van der Waals surface area contributed by atoms with Crippen LogP contribution in [0.3, 0.4) is 0 Å². The fourth-order valence-corrected chi connectivity index (χ4v) is 20.2. The lowest BCUT2D eigenvalue weighted by molar-refractivity contribution is 0.607. The summed E-state index contributed by atoms with van der Waals surface area (Å²) in [7, 11) is 0. The van der Waals surface area contributed by atoms with Crippen LogP contribution in [-0.2, 0) is 36.5 Å². The van der Waals surface area contributed by atoms with E-state index < -0.39 is 10.8 Å². The maximum atomic E-state index is 4.11. The second kappa shape index (κ2) is 27.8. The van der Waals surface area contributed by atoms with E-state index in [0.29, 0.717) is 0 Å². The van der Waals surface area contributed by atoms with Crippen LogP contribution in [-0.4, -0.2) is 0 Å². The van der Waals surface area contributed by atoms with Crippen LogP contribution in [0.25, 0.3) is 28.9 Å². The number of halogens is 2. The summed E-state index contributed by atoms with van der Waals surface area (Å²) in [5.41, 5.74) is 16.4. The van der Waals surface area contributed by atoms with E-state index in [0.717, 1.165) is 25.7 Å². The number of aryl methyl sites for hydroxylation is 4. The smallest absolute Gasteiger partial charge is 0.0745 e. The Morgan fingerprint density at radius 2 is 0.538 bits per heavy atom. The first kappa shape index (κ1) is 58.1. The molecule has 2 aliphatic rings. The second-order valence-electron chi connectivity index (χ2n) is 23.2. The van der Waals surface area contributed by atoms with Gasteiger partial charge in [0.2, 0.25) is 0 Å². The van der Waals surface area contributed by atoms with Gasteiger partial charge in [-0.15, -0.1) is 45.3 Å². The number of benzene rings is 4. The fraction of sp³-hybridized carbons (Fsp3) is 0.472. The molecule has 0 spiro atoms. The highest BCUT2D eigenvalue weighted by Gasteiger charge is 2.55. The van der Waals surface area contributed by atoms with Gasteiger partial charge in [0.05, 0.1) is 47.3 Å². The maximum absolute atomic E-state index is 4.11. The highest BCUT2D eigenvalue weighted by molar-refractivity contribution is 9.11. The van der Waals surface area contributed by atoms with Gasteiger partial charge in [-0.2, -0.15) is 0 Å². The van der Waals surface area contributed by atoms with E-state index in [9.17, 15) is 0 Å². The Morgan fingerprint density at radius 3 is 0.795 bits per heavy atom. The van der Waals surface area contributed by atoms with Crippen molar-refractivity contribution in [1.29, 1.82) is 0 Å². The van der Waals surface area contributed by atoms with Crippen LogP contribution in [0.4, 0.5) is 0 Å². The van der Waals surface area contributed by atoms with Gasteiger partial charge in [-0.05, 0) is 151 Å². The van der Waals surface area contributed by atoms with Gasteiger partial charge < -0.3 is 0 Å². The standard InChI is InChI=1S/C72H86Br2S4/c1-5-9-13-17-21-25-29-51-33-41-55(42-34-51)71(56-43-35-52(36-44-56)30-26-22-18-14-10-6-2)59-49-61(73)75-65(59)67-63(71)69-70(77-67)64-68(78-69)66-60(50-62(74)76-66)72(64,57-45-37-53(38-46-57)31-27-23-19-15-11-7-3)58-47-39-54(40-48-58)32-28-24-20-16-12-8-4/h33-50H,5-32H2,1-4H3. The molecule has 0 saturated heterocycles. The molecule has 0 unspecified atom stereocenters. The van der Waals surface area contributed by atoms with Gasteiger partial charge in [0.15, 0.2) is 0 Å². The molecule has 0 nitrogen and oxygen atoms in total. The fourth-order valence-electron chi connectivity index (χ4n) is 13.5. The summed E-state index contributed by atoms with van der Waals surface area (Å²) in [5.74, 6) is 0. The normalized spacial score (nSPS) is 13.9. The lowest BCUT2D eigenvalue weighted by Gasteiger charge is -2.34. The third kappa shape index (κ3) is 12.0. The Bertz CT molecular complexity index is 2810. The number of thiophene rings is 4. The lowest BCUT2D eigenvalue weighted by Crippen LogP contribution is -2.29. The molecule has 0 N–H and O–H groups in total. The van der Waals surface area contributed by atoms with Crippen molar-refractivity contribution in [3.8, 4) is 19.5 Å². The van der Waals surface area contributed by atoms with Crippen molar-refractivity contribution >= 4 is 86.6 Å². The van der Waals surface area contributed by atoms with Gasteiger partial charge in [0.25, 0.3) is 0 Å². The summed E-state index contributed by atoms with van der Waals surface area (Å²) in [4.78, 5) is 5.80. The third-order valence-corrected chi connectivity index (χ3v) is 23.9. The molecule has 0 fully saturated rings. The molecule has 6 heteroatoms. The highest BCUT2D eigenvalue weighted by atomic mass is 79.9. The van der Waals surface area contributed by atoms with Crippen LogP contribution >= 0.6 is 77.2 Å². The lowest BCUT2D eigenvalue weighted by atomic mass is 9.67. The predicted octanol–water partition coefficient (Wildman–Crippen LogP) is 24.9. The summed E-state index contributed by atoms with van der Waals surface area (Å²) in [6.45, 7) is 9.26. The number of hydrogen-bond donors (Lipinski definition) is 0. The minimum absolute atomic E-state index is 0.459. The van der Waals surface area contributed by atoms with Crippen molar-refractivity contribution in [1.82, 2.24) is 0 Å².